The van der Waals surface area contributed by atoms with Crippen LogP contribution in [0, 0.1) is 6.92 Å². The number of amides is 1. The van der Waals surface area contributed by atoms with Gasteiger partial charge in [-0.25, -0.2) is 0 Å². The van der Waals surface area contributed by atoms with Crippen LogP contribution in [-0.2, 0) is 18.3 Å². The molecule has 0 fully saturated rings. The van der Waals surface area contributed by atoms with Gasteiger partial charge in [-0.1, -0.05) is 42.1 Å². The molecule has 7 heteroatoms. The number of carbonyl (C=O) groups excluding carboxylic acids is 1. The molecule has 3 aromatic rings. The Bertz CT molecular complexity index is 873. The summed E-state index contributed by atoms with van der Waals surface area (Å²) in [6.07, 6.45) is 2.45. The molecule has 0 aliphatic heterocycles. The topological polar surface area (TPSA) is 72.9 Å². The predicted molar refractivity (Wildman–Crippen MR) is 102 cm³/mol. The summed E-state index contributed by atoms with van der Waals surface area (Å²) in [5.74, 6) is 1.52. The van der Waals surface area contributed by atoms with E-state index >= 15 is 0 Å². The SMILES string of the molecule is Cc1occc1-c1nnc(S[C@@H](C)C(=O)NCCc2ccccc2)n1C. The van der Waals surface area contributed by atoms with E-state index < -0.39 is 0 Å². The lowest BCUT2D eigenvalue weighted by Gasteiger charge is -2.11. The van der Waals surface area contributed by atoms with Gasteiger partial charge in [-0.2, -0.15) is 0 Å². The van der Waals surface area contributed by atoms with Gasteiger partial charge in [-0.05, 0) is 31.9 Å². The zero-order chi connectivity index (χ0) is 18.5. The quantitative estimate of drug-likeness (QED) is 0.647. The molecule has 0 saturated heterocycles. The summed E-state index contributed by atoms with van der Waals surface area (Å²) >= 11 is 1.40. The average molecular weight is 370 g/mol. The van der Waals surface area contributed by atoms with E-state index in [-0.39, 0.29) is 11.2 Å². The van der Waals surface area contributed by atoms with Crippen molar-refractivity contribution in [2.24, 2.45) is 7.05 Å². The van der Waals surface area contributed by atoms with Crippen LogP contribution in [0.3, 0.4) is 0 Å². The second-order valence-corrected chi connectivity index (χ2v) is 7.35. The minimum Gasteiger partial charge on any atom is -0.469 e. The third-order valence-corrected chi connectivity index (χ3v) is 5.28. The maximum Gasteiger partial charge on any atom is 0.233 e. The minimum absolute atomic E-state index is 0.00465. The number of hydrogen-bond donors (Lipinski definition) is 1. The highest BCUT2D eigenvalue weighted by Gasteiger charge is 2.20. The number of carbonyl (C=O) groups is 1. The van der Waals surface area contributed by atoms with Gasteiger partial charge >= 0.3 is 0 Å². The first-order chi connectivity index (χ1) is 12.6. The summed E-state index contributed by atoms with van der Waals surface area (Å²) in [6.45, 7) is 4.38. The lowest BCUT2D eigenvalue weighted by Crippen LogP contribution is -2.32. The summed E-state index contributed by atoms with van der Waals surface area (Å²) in [5.41, 5.74) is 2.12. The fourth-order valence-electron chi connectivity index (χ4n) is 2.60. The van der Waals surface area contributed by atoms with Gasteiger partial charge in [0.2, 0.25) is 5.91 Å². The molecule has 0 radical (unpaired) electrons. The molecule has 2 heterocycles. The molecule has 2 aromatic heterocycles. The van der Waals surface area contributed by atoms with E-state index in [1.807, 2.05) is 49.7 Å². The van der Waals surface area contributed by atoms with Crippen LogP contribution in [0.2, 0.25) is 0 Å². The Morgan fingerprint density at radius 3 is 2.73 bits per heavy atom. The van der Waals surface area contributed by atoms with Crippen molar-refractivity contribution in [1.82, 2.24) is 20.1 Å². The number of furan rings is 1. The summed E-state index contributed by atoms with van der Waals surface area (Å²) < 4.78 is 7.22. The Balaban J connectivity index is 1.56. The van der Waals surface area contributed by atoms with Crippen LogP contribution >= 0.6 is 11.8 Å². The standard InChI is InChI=1S/C19H22N4O2S/c1-13-16(10-12-25-13)17-21-22-19(23(17)3)26-14(2)18(24)20-11-9-15-7-5-4-6-8-15/h4-8,10,12,14H,9,11H2,1-3H3,(H,20,24)/t14-/m0/s1. The van der Waals surface area contributed by atoms with Crippen molar-refractivity contribution in [1.29, 1.82) is 0 Å². The second kappa shape index (κ2) is 8.23. The summed E-state index contributed by atoms with van der Waals surface area (Å²) in [6, 6.07) is 12.0. The molecule has 0 unspecified atom stereocenters. The highest BCUT2D eigenvalue weighted by Crippen LogP contribution is 2.27. The van der Waals surface area contributed by atoms with E-state index in [1.165, 1.54) is 17.3 Å². The maximum atomic E-state index is 12.3. The van der Waals surface area contributed by atoms with E-state index in [0.29, 0.717) is 11.7 Å². The van der Waals surface area contributed by atoms with Crippen LogP contribution < -0.4 is 5.32 Å². The number of hydrogen-bond acceptors (Lipinski definition) is 5. The van der Waals surface area contributed by atoms with Crippen LogP contribution in [0.15, 0.2) is 52.2 Å². The smallest absolute Gasteiger partial charge is 0.233 e. The molecule has 0 bridgehead atoms. The fraction of sp³-hybridized carbons (Fsp3) is 0.316. The number of nitrogens with zero attached hydrogens (tertiary/aromatic N) is 3. The minimum atomic E-state index is -0.257. The summed E-state index contributed by atoms with van der Waals surface area (Å²) in [7, 11) is 1.89. The van der Waals surface area contributed by atoms with Gasteiger partial charge in [0, 0.05) is 13.6 Å². The molecule has 1 N–H and O–H groups in total. The third-order valence-electron chi connectivity index (χ3n) is 4.14. The van der Waals surface area contributed by atoms with Crippen molar-refractivity contribution in [2.75, 3.05) is 6.54 Å². The molecule has 26 heavy (non-hydrogen) atoms. The van der Waals surface area contributed by atoms with Crippen LogP contribution in [-0.4, -0.2) is 32.5 Å². The third kappa shape index (κ3) is 4.16. The molecule has 0 aliphatic rings. The van der Waals surface area contributed by atoms with Crippen LogP contribution in [0.25, 0.3) is 11.4 Å². The molecule has 3 rings (SSSR count). The molecule has 1 aromatic carbocycles. The highest BCUT2D eigenvalue weighted by molar-refractivity contribution is 8.00. The molecular weight excluding hydrogens is 348 g/mol. The lowest BCUT2D eigenvalue weighted by molar-refractivity contribution is -0.120. The van der Waals surface area contributed by atoms with Crippen LogP contribution in [0.5, 0.6) is 0 Å². The first kappa shape index (κ1) is 18.3. The van der Waals surface area contributed by atoms with Crippen molar-refractivity contribution >= 4 is 17.7 Å². The normalized spacial score (nSPS) is 12.1. The second-order valence-electron chi connectivity index (χ2n) is 6.04. The fourth-order valence-corrected chi connectivity index (χ4v) is 3.44. The van der Waals surface area contributed by atoms with Gasteiger partial charge in [0.05, 0.1) is 17.1 Å². The van der Waals surface area contributed by atoms with Crippen LogP contribution in [0.1, 0.15) is 18.2 Å². The Hall–Kier alpha value is -2.54. The van der Waals surface area contributed by atoms with Crippen molar-refractivity contribution in [3.05, 3.63) is 54.0 Å². The van der Waals surface area contributed by atoms with Gasteiger partial charge in [0.25, 0.3) is 0 Å². The number of thioether (sulfide) groups is 1. The summed E-state index contributed by atoms with van der Waals surface area (Å²) in [4.78, 5) is 12.3. The van der Waals surface area contributed by atoms with Crippen molar-refractivity contribution < 1.29 is 9.21 Å². The molecule has 1 amide bonds. The Kier molecular flexibility index (Phi) is 5.78. The average Bonchev–Trinajstić information content (AvgIpc) is 3.21. The predicted octanol–water partition coefficient (Wildman–Crippen LogP) is 3.22. The summed E-state index contributed by atoms with van der Waals surface area (Å²) in [5, 5.41) is 11.9. The van der Waals surface area contributed by atoms with Gasteiger partial charge < -0.3 is 14.3 Å². The van der Waals surface area contributed by atoms with E-state index in [2.05, 4.69) is 27.6 Å². The molecule has 0 saturated carbocycles. The van der Waals surface area contributed by atoms with Gasteiger partial charge in [-0.3, -0.25) is 4.79 Å². The van der Waals surface area contributed by atoms with Crippen molar-refractivity contribution in [3.8, 4) is 11.4 Å². The Labute approximate surface area is 157 Å². The van der Waals surface area contributed by atoms with E-state index in [9.17, 15) is 4.79 Å². The van der Waals surface area contributed by atoms with Crippen LogP contribution in [0.4, 0.5) is 0 Å². The number of benzene rings is 1. The van der Waals surface area contributed by atoms with E-state index in [0.717, 1.165) is 23.6 Å². The lowest BCUT2D eigenvalue weighted by atomic mass is 10.1. The zero-order valence-electron chi connectivity index (χ0n) is 15.1. The molecular formula is C19H22N4O2S. The molecule has 136 valence electrons. The zero-order valence-corrected chi connectivity index (χ0v) is 15.9. The van der Waals surface area contributed by atoms with Gasteiger partial charge in [0.15, 0.2) is 11.0 Å². The highest BCUT2D eigenvalue weighted by atomic mass is 32.2. The molecule has 0 aliphatic carbocycles. The molecule has 0 spiro atoms. The number of aromatic nitrogens is 3. The molecule has 1 atom stereocenters. The number of nitrogens with one attached hydrogen (secondary N) is 1. The number of rotatable bonds is 7. The van der Waals surface area contributed by atoms with Crippen molar-refractivity contribution in [3.63, 3.8) is 0 Å². The molecule has 6 nitrogen and oxygen atoms in total. The largest absolute Gasteiger partial charge is 0.469 e. The van der Waals surface area contributed by atoms with E-state index in [1.54, 1.807) is 6.26 Å². The number of aryl methyl sites for hydroxylation is 1. The van der Waals surface area contributed by atoms with Gasteiger partial charge in [0.1, 0.15) is 5.76 Å². The first-order valence-corrected chi connectivity index (χ1v) is 9.36. The first-order valence-electron chi connectivity index (χ1n) is 8.48. The maximum absolute atomic E-state index is 12.3. The van der Waals surface area contributed by atoms with Gasteiger partial charge in [-0.15, -0.1) is 10.2 Å². The van der Waals surface area contributed by atoms with Crippen molar-refractivity contribution in [2.45, 2.75) is 30.7 Å². The Morgan fingerprint density at radius 1 is 1.27 bits per heavy atom. The monoisotopic (exact) mass is 370 g/mol. The Morgan fingerprint density at radius 2 is 2.04 bits per heavy atom. The van der Waals surface area contributed by atoms with E-state index in [4.69, 9.17) is 4.42 Å².